The molecule has 0 saturated heterocycles. The number of amides is 1. The predicted octanol–water partition coefficient (Wildman–Crippen LogP) is 3.02. The fourth-order valence-corrected chi connectivity index (χ4v) is 1.79. The van der Waals surface area contributed by atoms with Crippen LogP contribution < -0.4 is 5.73 Å². The predicted molar refractivity (Wildman–Crippen MR) is 67.7 cm³/mol. The van der Waals surface area contributed by atoms with E-state index in [0.717, 1.165) is 12.1 Å². The van der Waals surface area contributed by atoms with Crippen LogP contribution in [0.1, 0.15) is 29.8 Å². The molecule has 1 aromatic rings. The highest BCUT2D eigenvalue weighted by Crippen LogP contribution is 2.34. The summed E-state index contributed by atoms with van der Waals surface area (Å²) in [5.74, 6) is -0.205. The van der Waals surface area contributed by atoms with Crippen molar-refractivity contribution in [3.8, 4) is 0 Å². The highest BCUT2D eigenvalue weighted by molar-refractivity contribution is 5.94. The van der Waals surface area contributed by atoms with Crippen molar-refractivity contribution in [2.45, 2.75) is 20.0 Å². The van der Waals surface area contributed by atoms with Gasteiger partial charge in [-0.15, -0.1) is 0 Å². The van der Waals surface area contributed by atoms with E-state index in [1.165, 1.54) is 11.0 Å². The van der Waals surface area contributed by atoms with E-state index in [-0.39, 0.29) is 17.2 Å². The van der Waals surface area contributed by atoms with Crippen LogP contribution in [0.2, 0.25) is 0 Å². The van der Waals surface area contributed by atoms with Crippen LogP contribution in [0, 0.1) is 5.92 Å². The van der Waals surface area contributed by atoms with Crippen molar-refractivity contribution < 1.29 is 18.0 Å². The quantitative estimate of drug-likeness (QED) is 0.861. The first-order valence-corrected chi connectivity index (χ1v) is 5.85. The average Bonchev–Trinajstić information content (AvgIpc) is 2.26. The van der Waals surface area contributed by atoms with Gasteiger partial charge < -0.3 is 10.6 Å². The molecule has 6 heteroatoms. The molecule has 3 nitrogen and oxygen atoms in total. The molecule has 1 aromatic carbocycles. The number of hydrogen-bond acceptors (Lipinski definition) is 2. The number of alkyl halides is 3. The van der Waals surface area contributed by atoms with E-state index in [1.807, 2.05) is 13.8 Å². The zero-order chi connectivity index (χ0) is 14.8. The summed E-state index contributed by atoms with van der Waals surface area (Å²) in [4.78, 5) is 13.4. The third kappa shape index (κ3) is 3.87. The summed E-state index contributed by atoms with van der Waals surface area (Å²) in [6, 6.07) is 3.22. The van der Waals surface area contributed by atoms with Gasteiger partial charge in [0.15, 0.2) is 0 Å². The maximum Gasteiger partial charge on any atom is 0.418 e. The summed E-state index contributed by atoms with van der Waals surface area (Å²) >= 11 is 0. The number of halogens is 3. The number of benzene rings is 1. The molecular formula is C13H17F3N2O. The van der Waals surface area contributed by atoms with Crippen molar-refractivity contribution in [1.82, 2.24) is 4.90 Å². The lowest BCUT2D eigenvalue weighted by Gasteiger charge is -2.20. The molecule has 0 unspecified atom stereocenters. The largest absolute Gasteiger partial charge is 0.418 e. The van der Waals surface area contributed by atoms with E-state index in [9.17, 15) is 18.0 Å². The topological polar surface area (TPSA) is 46.3 Å². The van der Waals surface area contributed by atoms with Gasteiger partial charge in [-0.05, 0) is 24.1 Å². The Labute approximate surface area is 110 Å². The minimum atomic E-state index is -4.56. The van der Waals surface area contributed by atoms with Crippen molar-refractivity contribution in [3.05, 3.63) is 29.3 Å². The molecule has 1 amide bonds. The van der Waals surface area contributed by atoms with E-state index < -0.39 is 17.6 Å². The number of rotatable bonds is 3. The molecule has 0 fully saturated rings. The molecule has 0 radical (unpaired) electrons. The number of carbonyl (C=O) groups excluding carboxylic acids is 1. The van der Waals surface area contributed by atoms with Gasteiger partial charge >= 0.3 is 6.18 Å². The fraction of sp³-hybridized carbons (Fsp3) is 0.462. The molecule has 0 spiro atoms. The minimum absolute atomic E-state index is 0.00956. The van der Waals surface area contributed by atoms with Crippen molar-refractivity contribution >= 4 is 11.6 Å². The van der Waals surface area contributed by atoms with Crippen LogP contribution in [-0.2, 0) is 6.18 Å². The maximum atomic E-state index is 12.7. The number of anilines is 1. The van der Waals surface area contributed by atoms with Crippen LogP contribution in [0.4, 0.5) is 18.9 Å². The molecule has 0 heterocycles. The number of nitrogens with two attached hydrogens (primary N) is 1. The smallest absolute Gasteiger partial charge is 0.398 e. The van der Waals surface area contributed by atoms with Gasteiger partial charge in [-0.2, -0.15) is 13.2 Å². The second-order valence-electron chi connectivity index (χ2n) is 4.88. The van der Waals surface area contributed by atoms with Crippen molar-refractivity contribution in [1.29, 1.82) is 0 Å². The van der Waals surface area contributed by atoms with Crippen molar-refractivity contribution in [2.24, 2.45) is 5.92 Å². The Morgan fingerprint density at radius 1 is 1.37 bits per heavy atom. The third-order valence-electron chi connectivity index (χ3n) is 2.59. The molecule has 0 bridgehead atoms. The lowest BCUT2D eigenvalue weighted by molar-refractivity contribution is -0.136. The molecule has 0 saturated carbocycles. The number of nitrogen functional groups attached to an aromatic ring is 1. The first-order valence-electron chi connectivity index (χ1n) is 5.85. The number of nitrogens with zero attached hydrogens (tertiary/aromatic N) is 1. The Hall–Kier alpha value is -1.72. The second kappa shape index (κ2) is 5.50. The zero-order valence-electron chi connectivity index (χ0n) is 11.1. The van der Waals surface area contributed by atoms with Crippen LogP contribution in [0.5, 0.6) is 0 Å². The van der Waals surface area contributed by atoms with Crippen LogP contribution >= 0.6 is 0 Å². The Kier molecular flexibility index (Phi) is 4.44. The van der Waals surface area contributed by atoms with E-state index in [0.29, 0.717) is 6.54 Å². The zero-order valence-corrected chi connectivity index (χ0v) is 11.1. The van der Waals surface area contributed by atoms with Crippen molar-refractivity contribution in [3.63, 3.8) is 0 Å². The standard InChI is InChI=1S/C13H17F3N2O/c1-8(2)7-18(3)12(19)9-4-5-11(17)10(6-9)13(14,15)16/h4-6,8H,7,17H2,1-3H3. The monoisotopic (exact) mass is 274 g/mol. The molecule has 106 valence electrons. The molecule has 0 aliphatic carbocycles. The van der Waals surface area contributed by atoms with Gasteiger partial charge in [-0.1, -0.05) is 13.8 Å². The average molecular weight is 274 g/mol. The van der Waals surface area contributed by atoms with E-state index in [1.54, 1.807) is 7.05 Å². The Morgan fingerprint density at radius 2 is 1.95 bits per heavy atom. The maximum absolute atomic E-state index is 12.7. The summed E-state index contributed by atoms with van der Waals surface area (Å²) in [7, 11) is 1.56. The summed E-state index contributed by atoms with van der Waals surface area (Å²) in [6.07, 6.45) is -4.56. The first-order chi connectivity index (χ1) is 8.62. The minimum Gasteiger partial charge on any atom is -0.398 e. The molecule has 0 atom stereocenters. The fourth-order valence-electron chi connectivity index (χ4n) is 1.79. The normalized spacial score (nSPS) is 11.7. The van der Waals surface area contributed by atoms with Crippen LogP contribution in [-0.4, -0.2) is 24.4 Å². The molecule has 0 aliphatic rings. The van der Waals surface area contributed by atoms with Gasteiger partial charge in [0.1, 0.15) is 0 Å². The second-order valence-corrected chi connectivity index (χ2v) is 4.88. The van der Waals surface area contributed by atoms with Gasteiger partial charge in [0.05, 0.1) is 5.56 Å². The van der Waals surface area contributed by atoms with Gasteiger partial charge in [0.25, 0.3) is 5.91 Å². The van der Waals surface area contributed by atoms with E-state index in [2.05, 4.69) is 0 Å². The Bertz CT molecular complexity index is 469. The Morgan fingerprint density at radius 3 is 2.42 bits per heavy atom. The highest BCUT2D eigenvalue weighted by Gasteiger charge is 2.33. The molecule has 0 aromatic heterocycles. The summed E-state index contributed by atoms with van der Waals surface area (Å²) in [5.41, 5.74) is 3.92. The van der Waals surface area contributed by atoms with Gasteiger partial charge in [0.2, 0.25) is 0 Å². The summed E-state index contributed by atoms with van der Waals surface area (Å²) in [5, 5.41) is 0. The highest BCUT2D eigenvalue weighted by atomic mass is 19.4. The number of hydrogen-bond donors (Lipinski definition) is 1. The van der Waals surface area contributed by atoms with Crippen LogP contribution in [0.3, 0.4) is 0 Å². The molecule has 1 rings (SSSR count). The Balaban J connectivity index is 3.06. The SMILES string of the molecule is CC(C)CN(C)C(=O)c1ccc(N)c(C(F)(F)F)c1. The summed E-state index contributed by atoms with van der Waals surface area (Å²) < 4.78 is 38.1. The summed E-state index contributed by atoms with van der Waals surface area (Å²) in [6.45, 7) is 4.33. The van der Waals surface area contributed by atoms with Gasteiger partial charge in [0, 0.05) is 24.8 Å². The van der Waals surface area contributed by atoms with Crippen molar-refractivity contribution in [2.75, 3.05) is 19.3 Å². The molecular weight excluding hydrogens is 257 g/mol. The molecule has 2 N–H and O–H groups in total. The van der Waals surface area contributed by atoms with Crippen LogP contribution in [0.25, 0.3) is 0 Å². The van der Waals surface area contributed by atoms with E-state index >= 15 is 0 Å². The van der Waals surface area contributed by atoms with E-state index in [4.69, 9.17) is 5.73 Å². The number of carbonyl (C=O) groups is 1. The van der Waals surface area contributed by atoms with Gasteiger partial charge in [-0.25, -0.2) is 0 Å². The van der Waals surface area contributed by atoms with Crippen LogP contribution in [0.15, 0.2) is 18.2 Å². The third-order valence-corrected chi connectivity index (χ3v) is 2.59. The lowest BCUT2D eigenvalue weighted by atomic mass is 10.1. The molecule has 0 aliphatic heterocycles. The first kappa shape index (κ1) is 15.3. The lowest BCUT2D eigenvalue weighted by Crippen LogP contribution is -2.30. The molecule has 19 heavy (non-hydrogen) atoms. The van der Waals surface area contributed by atoms with Gasteiger partial charge in [-0.3, -0.25) is 4.79 Å².